The van der Waals surface area contributed by atoms with Crippen molar-refractivity contribution < 1.29 is 13.9 Å². The molecule has 0 spiro atoms. The lowest BCUT2D eigenvalue weighted by molar-refractivity contribution is -0.0330. The molecule has 2 rings (SSSR count). The molecule has 1 aliphatic rings. The van der Waals surface area contributed by atoms with Gasteiger partial charge in [0.25, 0.3) is 0 Å². The molecule has 1 atom stereocenters. The van der Waals surface area contributed by atoms with E-state index in [2.05, 4.69) is 19.2 Å². The Morgan fingerprint density at radius 1 is 1.47 bits per heavy atom. The Balaban J connectivity index is 1.89. The molecule has 0 saturated carbocycles. The highest BCUT2D eigenvalue weighted by Crippen LogP contribution is 2.30. The van der Waals surface area contributed by atoms with Crippen LogP contribution in [0.4, 0.5) is 4.39 Å². The summed E-state index contributed by atoms with van der Waals surface area (Å²) in [5, 5.41) is 2.99. The van der Waals surface area contributed by atoms with Crippen LogP contribution in [0.25, 0.3) is 0 Å². The van der Waals surface area contributed by atoms with E-state index in [1.807, 2.05) is 13.1 Å². The second-order valence-corrected chi connectivity index (χ2v) is 5.64. The van der Waals surface area contributed by atoms with E-state index in [4.69, 9.17) is 9.47 Å². The molecule has 1 fully saturated rings. The quantitative estimate of drug-likeness (QED) is 0.890. The van der Waals surface area contributed by atoms with Gasteiger partial charge >= 0.3 is 0 Å². The molecule has 3 nitrogen and oxygen atoms in total. The van der Waals surface area contributed by atoms with Gasteiger partial charge in [-0.3, -0.25) is 0 Å². The average molecular weight is 267 g/mol. The number of halogens is 1. The van der Waals surface area contributed by atoms with Crippen LogP contribution in [-0.4, -0.2) is 25.4 Å². The minimum Gasteiger partial charge on any atom is -0.488 e. The van der Waals surface area contributed by atoms with Crippen molar-refractivity contribution >= 4 is 0 Å². The third-order valence-corrected chi connectivity index (χ3v) is 3.36. The molecule has 1 aromatic carbocycles. The molecule has 1 N–H and O–H groups in total. The van der Waals surface area contributed by atoms with Gasteiger partial charge in [-0.2, -0.15) is 0 Å². The Kier molecular flexibility index (Phi) is 4.42. The van der Waals surface area contributed by atoms with Gasteiger partial charge in [0.05, 0.1) is 11.7 Å². The van der Waals surface area contributed by atoms with Gasteiger partial charge in [-0.15, -0.1) is 0 Å². The molecular weight excluding hydrogens is 245 g/mol. The summed E-state index contributed by atoms with van der Waals surface area (Å²) < 4.78 is 25.1. The zero-order valence-electron chi connectivity index (χ0n) is 11.8. The largest absolute Gasteiger partial charge is 0.488 e. The minimum atomic E-state index is -0.315. The molecule has 1 aliphatic heterocycles. The molecule has 0 aromatic heterocycles. The van der Waals surface area contributed by atoms with E-state index in [0.29, 0.717) is 18.9 Å². The molecule has 4 heteroatoms. The van der Waals surface area contributed by atoms with Gasteiger partial charge in [0, 0.05) is 6.54 Å². The first-order valence-electron chi connectivity index (χ1n) is 6.74. The maximum Gasteiger partial charge on any atom is 0.165 e. The molecule has 1 unspecified atom stereocenters. The molecular formula is C15H22FNO2. The summed E-state index contributed by atoms with van der Waals surface area (Å²) in [6, 6.07) is 5.06. The van der Waals surface area contributed by atoms with Crippen LogP contribution >= 0.6 is 0 Å². The van der Waals surface area contributed by atoms with Crippen LogP contribution in [0, 0.1) is 5.82 Å². The fourth-order valence-corrected chi connectivity index (χ4v) is 2.35. The van der Waals surface area contributed by atoms with Crippen molar-refractivity contribution in [1.82, 2.24) is 5.32 Å². The molecule has 19 heavy (non-hydrogen) atoms. The summed E-state index contributed by atoms with van der Waals surface area (Å²) in [5.74, 6) is -0.0156. The molecule has 0 bridgehead atoms. The average Bonchev–Trinajstić information content (AvgIpc) is 2.68. The predicted octanol–water partition coefficient (Wildman–Crippen LogP) is 2.88. The van der Waals surface area contributed by atoms with Crippen LogP contribution in [0.15, 0.2) is 18.2 Å². The summed E-state index contributed by atoms with van der Waals surface area (Å²) in [6.07, 6.45) is 2.04. The number of benzene rings is 1. The van der Waals surface area contributed by atoms with Gasteiger partial charge in [-0.05, 0) is 51.4 Å². The zero-order chi connectivity index (χ0) is 13.9. The first-order valence-corrected chi connectivity index (χ1v) is 6.74. The fraction of sp³-hybridized carbons (Fsp3) is 0.600. The fourth-order valence-electron chi connectivity index (χ4n) is 2.35. The van der Waals surface area contributed by atoms with Crippen LogP contribution in [0.5, 0.6) is 5.75 Å². The van der Waals surface area contributed by atoms with E-state index in [-0.39, 0.29) is 17.5 Å². The lowest BCUT2D eigenvalue weighted by atomic mass is 10.1. The first kappa shape index (κ1) is 14.3. The topological polar surface area (TPSA) is 30.5 Å². The maximum absolute atomic E-state index is 13.8. The van der Waals surface area contributed by atoms with Crippen molar-refractivity contribution in [3.8, 4) is 5.75 Å². The van der Waals surface area contributed by atoms with Crippen LogP contribution in [0.2, 0.25) is 0 Å². The summed E-state index contributed by atoms with van der Waals surface area (Å²) in [7, 11) is 1.83. The lowest BCUT2D eigenvalue weighted by Crippen LogP contribution is -2.24. The molecule has 0 aliphatic carbocycles. The summed E-state index contributed by atoms with van der Waals surface area (Å²) >= 11 is 0. The predicted molar refractivity (Wildman–Crippen MR) is 72.8 cm³/mol. The SMILES string of the molecule is CNCc1ccc(OCC2CCC(C)(C)O2)c(F)c1. The highest BCUT2D eigenvalue weighted by Gasteiger charge is 2.32. The molecule has 1 aromatic rings. The van der Waals surface area contributed by atoms with Crippen molar-refractivity contribution in [2.75, 3.05) is 13.7 Å². The van der Waals surface area contributed by atoms with Gasteiger partial charge in [-0.1, -0.05) is 6.07 Å². The Hall–Kier alpha value is -1.13. The summed E-state index contributed by atoms with van der Waals surface area (Å²) in [6.45, 7) is 5.20. The Bertz CT molecular complexity index is 434. The van der Waals surface area contributed by atoms with Crippen molar-refractivity contribution in [2.45, 2.75) is 44.9 Å². The zero-order valence-corrected chi connectivity index (χ0v) is 11.8. The number of hydrogen-bond donors (Lipinski definition) is 1. The van der Waals surface area contributed by atoms with Gasteiger partial charge in [0.15, 0.2) is 11.6 Å². The third kappa shape index (κ3) is 3.91. The Morgan fingerprint density at radius 3 is 2.84 bits per heavy atom. The van der Waals surface area contributed by atoms with E-state index in [1.165, 1.54) is 6.07 Å². The Morgan fingerprint density at radius 2 is 2.26 bits per heavy atom. The second kappa shape index (κ2) is 5.88. The van der Waals surface area contributed by atoms with E-state index in [9.17, 15) is 4.39 Å². The van der Waals surface area contributed by atoms with Crippen LogP contribution in [0.3, 0.4) is 0 Å². The molecule has 0 amide bonds. The van der Waals surface area contributed by atoms with E-state index < -0.39 is 0 Å². The van der Waals surface area contributed by atoms with Crippen molar-refractivity contribution in [2.24, 2.45) is 0 Å². The standard InChI is InChI=1S/C15H22FNO2/c1-15(2)7-6-12(19-15)10-18-14-5-4-11(9-17-3)8-13(14)16/h4-5,8,12,17H,6-7,9-10H2,1-3H3. The normalized spacial score (nSPS) is 21.6. The van der Waals surface area contributed by atoms with Crippen LogP contribution in [0.1, 0.15) is 32.3 Å². The number of nitrogens with one attached hydrogen (secondary N) is 1. The maximum atomic E-state index is 13.8. The molecule has 0 radical (unpaired) electrons. The monoisotopic (exact) mass is 267 g/mol. The summed E-state index contributed by atoms with van der Waals surface area (Å²) in [4.78, 5) is 0. The van der Waals surface area contributed by atoms with Gasteiger partial charge in [0.1, 0.15) is 6.61 Å². The van der Waals surface area contributed by atoms with Crippen LogP contribution < -0.4 is 10.1 Å². The number of rotatable bonds is 5. The lowest BCUT2D eigenvalue weighted by Gasteiger charge is -2.19. The first-order chi connectivity index (χ1) is 9.00. The van der Waals surface area contributed by atoms with Gasteiger partial charge in [0.2, 0.25) is 0 Å². The van der Waals surface area contributed by atoms with Crippen LogP contribution in [-0.2, 0) is 11.3 Å². The van der Waals surface area contributed by atoms with Gasteiger partial charge in [-0.25, -0.2) is 4.39 Å². The van der Waals surface area contributed by atoms with E-state index in [0.717, 1.165) is 18.4 Å². The van der Waals surface area contributed by atoms with Crippen molar-refractivity contribution in [3.05, 3.63) is 29.6 Å². The van der Waals surface area contributed by atoms with E-state index >= 15 is 0 Å². The molecule has 1 saturated heterocycles. The summed E-state index contributed by atoms with van der Waals surface area (Å²) in [5.41, 5.74) is 0.828. The van der Waals surface area contributed by atoms with Crippen molar-refractivity contribution in [3.63, 3.8) is 0 Å². The van der Waals surface area contributed by atoms with Crippen molar-refractivity contribution in [1.29, 1.82) is 0 Å². The smallest absolute Gasteiger partial charge is 0.165 e. The number of ether oxygens (including phenoxy) is 2. The van der Waals surface area contributed by atoms with Gasteiger partial charge < -0.3 is 14.8 Å². The highest BCUT2D eigenvalue weighted by molar-refractivity contribution is 5.29. The molecule has 1 heterocycles. The third-order valence-electron chi connectivity index (χ3n) is 3.36. The van der Waals surface area contributed by atoms with E-state index in [1.54, 1.807) is 6.07 Å². The second-order valence-electron chi connectivity index (χ2n) is 5.64. The highest BCUT2D eigenvalue weighted by atomic mass is 19.1. The Labute approximate surface area is 114 Å². The molecule has 106 valence electrons. The minimum absolute atomic E-state index is 0.0615. The number of hydrogen-bond acceptors (Lipinski definition) is 3.